The van der Waals surface area contributed by atoms with Crippen LogP contribution in [0.5, 0.6) is 5.75 Å². The van der Waals surface area contributed by atoms with Gasteiger partial charge in [0.25, 0.3) is 11.8 Å². The summed E-state index contributed by atoms with van der Waals surface area (Å²) in [6.45, 7) is 2.87. The lowest BCUT2D eigenvalue weighted by molar-refractivity contribution is 0.0679. The first-order chi connectivity index (χ1) is 14.7. The molecule has 2 fully saturated rings. The second-order valence-corrected chi connectivity index (χ2v) is 7.82. The van der Waals surface area contributed by atoms with Crippen LogP contribution in [-0.2, 0) is 4.74 Å². The lowest BCUT2D eigenvalue weighted by Crippen LogP contribution is -2.36. The van der Waals surface area contributed by atoms with Crippen LogP contribution in [0, 0.1) is 0 Å². The number of amides is 2. The number of rotatable bonds is 6. The van der Waals surface area contributed by atoms with Crippen LogP contribution in [0.2, 0.25) is 0 Å². The average Bonchev–Trinajstić information content (AvgIpc) is 3.32. The SMILES string of the molecule is O=C(Nc1ccccc1C(=O)N1CCCCC1)c1ccc(OC[C@@H]2CCCO2)cc1. The van der Waals surface area contributed by atoms with Crippen molar-refractivity contribution in [1.29, 1.82) is 0 Å². The molecule has 2 aliphatic rings. The van der Waals surface area contributed by atoms with E-state index in [0.29, 0.717) is 29.2 Å². The van der Waals surface area contributed by atoms with E-state index in [1.54, 1.807) is 36.4 Å². The molecule has 6 heteroatoms. The molecule has 4 rings (SSSR count). The summed E-state index contributed by atoms with van der Waals surface area (Å²) < 4.78 is 11.3. The zero-order valence-electron chi connectivity index (χ0n) is 17.1. The number of nitrogens with zero attached hydrogens (tertiary/aromatic N) is 1. The predicted molar refractivity (Wildman–Crippen MR) is 115 cm³/mol. The minimum absolute atomic E-state index is 0.0246. The van der Waals surface area contributed by atoms with Gasteiger partial charge in [-0.05, 0) is 68.5 Å². The Morgan fingerprint density at radius 2 is 1.77 bits per heavy atom. The van der Waals surface area contributed by atoms with Gasteiger partial charge in [0, 0.05) is 25.3 Å². The van der Waals surface area contributed by atoms with Crippen molar-refractivity contribution in [2.24, 2.45) is 0 Å². The van der Waals surface area contributed by atoms with Gasteiger partial charge in [-0.25, -0.2) is 0 Å². The van der Waals surface area contributed by atoms with Gasteiger partial charge in [0.2, 0.25) is 0 Å². The molecule has 0 saturated carbocycles. The number of para-hydroxylation sites is 1. The van der Waals surface area contributed by atoms with E-state index in [0.717, 1.165) is 51.8 Å². The minimum Gasteiger partial charge on any atom is -0.491 e. The van der Waals surface area contributed by atoms with Crippen LogP contribution in [0.1, 0.15) is 52.8 Å². The molecule has 0 spiro atoms. The first kappa shape index (κ1) is 20.4. The summed E-state index contributed by atoms with van der Waals surface area (Å²) in [6.07, 6.45) is 5.48. The summed E-state index contributed by atoms with van der Waals surface area (Å²) >= 11 is 0. The second kappa shape index (κ2) is 9.76. The van der Waals surface area contributed by atoms with Crippen LogP contribution in [-0.4, -0.2) is 49.1 Å². The quantitative estimate of drug-likeness (QED) is 0.781. The zero-order chi connectivity index (χ0) is 20.8. The second-order valence-electron chi connectivity index (χ2n) is 7.82. The molecule has 0 aromatic heterocycles. The smallest absolute Gasteiger partial charge is 0.255 e. The molecular weight excluding hydrogens is 380 g/mol. The standard InChI is InChI=1S/C24H28N2O4/c27-23(18-10-12-19(13-11-18)30-17-20-7-6-16-29-20)25-22-9-3-2-8-21(22)24(28)26-14-4-1-5-15-26/h2-3,8-13,20H,1,4-7,14-17H2,(H,25,27)/t20-/m0/s1. The van der Waals surface area contributed by atoms with Gasteiger partial charge in [-0.1, -0.05) is 12.1 Å². The first-order valence-corrected chi connectivity index (χ1v) is 10.7. The number of benzene rings is 2. The molecule has 2 aromatic carbocycles. The zero-order valence-corrected chi connectivity index (χ0v) is 17.1. The third-order valence-electron chi connectivity index (χ3n) is 5.63. The molecule has 0 radical (unpaired) electrons. The fourth-order valence-corrected chi connectivity index (χ4v) is 3.91. The molecule has 30 heavy (non-hydrogen) atoms. The van der Waals surface area contributed by atoms with E-state index in [4.69, 9.17) is 9.47 Å². The molecule has 2 heterocycles. The Morgan fingerprint density at radius 3 is 2.50 bits per heavy atom. The van der Waals surface area contributed by atoms with E-state index < -0.39 is 0 Å². The normalized spacial score (nSPS) is 18.8. The third kappa shape index (κ3) is 5.00. The maximum Gasteiger partial charge on any atom is 0.255 e. The lowest BCUT2D eigenvalue weighted by Gasteiger charge is -2.27. The van der Waals surface area contributed by atoms with Gasteiger partial charge >= 0.3 is 0 Å². The van der Waals surface area contributed by atoms with Gasteiger partial charge < -0.3 is 19.7 Å². The summed E-state index contributed by atoms with van der Waals surface area (Å²) in [7, 11) is 0. The largest absolute Gasteiger partial charge is 0.491 e. The Hall–Kier alpha value is -2.86. The predicted octanol–water partition coefficient (Wildman–Crippen LogP) is 4.12. The number of carbonyl (C=O) groups excluding carboxylic acids is 2. The molecule has 0 bridgehead atoms. The van der Waals surface area contributed by atoms with Crippen molar-refractivity contribution in [1.82, 2.24) is 4.90 Å². The maximum absolute atomic E-state index is 12.9. The van der Waals surface area contributed by atoms with E-state index >= 15 is 0 Å². The molecule has 0 unspecified atom stereocenters. The van der Waals surface area contributed by atoms with Crippen LogP contribution in [0.25, 0.3) is 0 Å². The molecule has 1 atom stereocenters. The number of ether oxygens (including phenoxy) is 2. The number of hydrogen-bond acceptors (Lipinski definition) is 4. The molecule has 158 valence electrons. The maximum atomic E-state index is 12.9. The molecule has 2 aromatic rings. The Kier molecular flexibility index (Phi) is 6.64. The average molecular weight is 408 g/mol. The number of carbonyl (C=O) groups is 2. The Morgan fingerprint density at radius 1 is 1.00 bits per heavy atom. The van der Waals surface area contributed by atoms with Crippen LogP contribution < -0.4 is 10.1 Å². The van der Waals surface area contributed by atoms with E-state index in [2.05, 4.69) is 5.32 Å². The van der Waals surface area contributed by atoms with E-state index in [1.165, 1.54) is 0 Å². The number of piperidine rings is 1. The van der Waals surface area contributed by atoms with Gasteiger partial charge in [0.05, 0.1) is 17.4 Å². The molecule has 0 aliphatic carbocycles. The van der Waals surface area contributed by atoms with Crippen molar-refractivity contribution in [2.45, 2.75) is 38.2 Å². The van der Waals surface area contributed by atoms with Crippen molar-refractivity contribution >= 4 is 17.5 Å². The Balaban J connectivity index is 1.39. The van der Waals surface area contributed by atoms with Crippen molar-refractivity contribution < 1.29 is 19.1 Å². The van der Waals surface area contributed by atoms with Crippen LogP contribution in [0.15, 0.2) is 48.5 Å². The Bertz CT molecular complexity index is 869. The van der Waals surface area contributed by atoms with Gasteiger partial charge in [0.1, 0.15) is 12.4 Å². The van der Waals surface area contributed by atoms with Crippen LogP contribution in [0.3, 0.4) is 0 Å². The van der Waals surface area contributed by atoms with Crippen molar-refractivity contribution in [3.8, 4) is 5.75 Å². The van der Waals surface area contributed by atoms with Crippen molar-refractivity contribution in [3.05, 3.63) is 59.7 Å². The van der Waals surface area contributed by atoms with Crippen LogP contribution in [0.4, 0.5) is 5.69 Å². The van der Waals surface area contributed by atoms with Gasteiger partial charge in [-0.2, -0.15) is 0 Å². The summed E-state index contributed by atoms with van der Waals surface area (Å²) in [5.41, 5.74) is 1.58. The van der Waals surface area contributed by atoms with Crippen molar-refractivity contribution in [3.63, 3.8) is 0 Å². The highest BCUT2D eigenvalue weighted by atomic mass is 16.5. The highest BCUT2D eigenvalue weighted by Crippen LogP contribution is 2.22. The number of nitrogens with one attached hydrogen (secondary N) is 1. The number of likely N-dealkylation sites (tertiary alicyclic amines) is 1. The molecule has 2 amide bonds. The fourth-order valence-electron chi connectivity index (χ4n) is 3.91. The van der Waals surface area contributed by atoms with E-state index in [-0.39, 0.29) is 17.9 Å². The monoisotopic (exact) mass is 408 g/mol. The fraction of sp³-hybridized carbons (Fsp3) is 0.417. The summed E-state index contributed by atoms with van der Waals surface area (Å²) in [5.74, 6) is 0.436. The third-order valence-corrected chi connectivity index (χ3v) is 5.63. The van der Waals surface area contributed by atoms with E-state index in [1.807, 2.05) is 17.0 Å². The van der Waals surface area contributed by atoms with Crippen LogP contribution >= 0.6 is 0 Å². The van der Waals surface area contributed by atoms with E-state index in [9.17, 15) is 9.59 Å². The van der Waals surface area contributed by atoms with Gasteiger partial charge in [-0.3, -0.25) is 9.59 Å². The summed E-state index contributed by atoms with van der Waals surface area (Å²) in [6, 6.07) is 14.2. The van der Waals surface area contributed by atoms with Crippen molar-refractivity contribution in [2.75, 3.05) is 31.6 Å². The number of anilines is 1. The summed E-state index contributed by atoms with van der Waals surface area (Å²) in [4.78, 5) is 27.5. The first-order valence-electron chi connectivity index (χ1n) is 10.7. The minimum atomic E-state index is -0.250. The molecular formula is C24H28N2O4. The molecule has 1 N–H and O–H groups in total. The number of hydrogen-bond donors (Lipinski definition) is 1. The highest BCUT2D eigenvalue weighted by molar-refractivity contribution is 6.09. The summed E-state index contributed by atoms with van der Waals surface area (Å²) in [5, 5.41) is 2.90. The molecule has 2 aliphatic heterocycles. The van der Waals surface area contributed by atoms with Gasteiger partial charge in [0.15, 0.2) is 0 Å². The van der Waals surface area contributed by atoms with Gasteiger partial charge in [-0.15, -0.1) is 0 Å². The molecule has 2 saturated heterocycles. The lowest BCUT2D eigenvalue weighted by atomic mass is 10.1. The topological polar surface area (TPSA) is 67.9 Å². The highest BCUT2D eigenvalue weighted by Gasteiger charge is 2.21. The Labute approximate surface area is 177 Å². The molecule has 6 nitrogen and oxygen atoms in total.